The number of hydrogen-bond acceptors (Lipinski definition) is 1. The molecule has 0 spiro atoms. The van der Waals surface area contributed by atoms with Crippen LogP contribution in [0.5, 0.6) is 0 Å². The molecule has 0 radical (unpaired) electrons. The zero-order valence-corrected chi connectivity index (χ0v) is 20.0. The Morgan fingerprint density at radius 1 is 0.714 bits per heavy atom. The van der Waals surface area contributed by atoms with Crippen molar-refractivity contribution in [3.8, 4) is 0 Å². The highest BCUT2D eigenvalue weighted by Crippen LogP contribution is 2.39. The second-order valence-corrected chi connectivity index (χ2v) is 48.7. The minimum absolute atomic E-state index is 0.303. The molecule has 0 aromatic carbocycles. The van der Waals surface area contributed by atoms with Crippen molar-refractivity contribution in [3.63, 3.8) is 0 Å². The van der Waals surface area contributed by atoms with E-state index in [0.717, 1.165) is 12.8 Å². The normalized spacial score (nSPS) is 14.4. The smallest absolute Gasteiger partial charge is 0.158 e. The molecule has 0 unspecified atom stereocenters. The lowest BCUT2D eigenvalue weighted by Crippen LogP contribution is -2.84. The molecule has 124 valence electrons. The summed E-state index contributed by atoms with van der Waals surface area (Å²) in [7, 11) is -4.07. The van der Waals surface area contributed by atoms with Gasteiger partial charge < -0.3 is 4.43 Å². The SMILES string of the molecule is C=CCC(CC=C)O[Si]([Si](C)(C)C)([Si](C)(C)C)[Si](C)(C)C. The fraction of sp³-hybridized carbons (Fsp3) is 0.750. The average Bonchev–Trinajstić information content (AvgIpc) is 2.20. The van der Waals surface area contributed by atoms with E-state index in [-0.39, 0.29) is 0 Å². The van der Waals surface area contributed by atoms with Crippen LogP contribution in [0.15, 0.2) is 25.3 Å². The maximum Gasteiger partial charge on any atom is 0.158 e. The molecule has 21 heavy (non-hydrogen) atoms. The summed E-state index contributed by atoms with van der Waals surface area (Å²) in [5, 5.41) is 0. The zero-order valence-electron chi connectivity index (χ0n) is 16.0. The van der Waals surface area contributed by atoms with Gasteiger partial charge in [-0.1, -0.05) is 71.1 Å². The first kappa shape index (κ1) is 21.3. The molecule has 0 aromatic rings. The molecule has 0 heterocycles. The first-order valence-corrected chi connectivity index (χ1v) is 23.5. The van der Waals surface area contributed by atoms with E-state index in [1.807, 2.05) is 12.2 Å². The molecule has 0 aliphatic heterocycles. The Labute approximate surface area is 137 Å². The van der Waals surface area contributed by atoms with E-state index in [1.54, 1.807) is 0 Å². The number of hydrogen-bond donors (Lipinski definition) is 0. The number of rotatable bonds is 9. The summed E-state index contributed by atoms with van der Waals surface area (Å²) < 4.78 is 7.19. The fourth-order valence-corrected chi connectivity index (χ4v) is 98.9. The van der Waals surface area contributed by atoms with Gasteiger partial charge in [-0.15, -0.1) is 13.2 Å². The summed E-state index contributed by atoms with van der Waals surface area (Å²) in [4.78, 5) is 0. The van der Waals surface area contributed by atoms with Gasteiger partial charge in [0.25, 0.3) is 0 Å². The Morgan fingerprint density at radius 3 is 1.19 bits per heavy atom. The van der Waals surface area contributed by atoms with E-state index >= 15 is 0 Å². The van der Waals surface area contributed by atoms with Gasteiger partial charge in [-0.2, -0.15) is 0 Å². The van der Waals surface area contributed by atoms with Crippen LogP contribution in [0.1, 0.15) is 12.8 Å². The molecule has 0 rings (SSSR count). The Balaban J connectivity index is 6.02. The molecule has 0 N–H and O–H groups in total. The summed E-state index contributed by atoms with van der Waals surface area (Å²) >= 11 is 0. The molecule has 0 fully saturated rings. The molecule has 0 bridgehead atoms. The highest BCUT2D eigenvalue weighted by Gasteiger charge is 2.64. The summed E-state index contributed by atoms with van der Waals surface area (Å²) in [6.07, 6.45) is 6.26. The second-order valence-electron chi connectivity index (χ2n) is 9.22. The van der Waals surface area contributed by atoms with Crippen LogP contribution in [-0.4, -0.2) is 35.7 Å². The lowest BCUT2D eigenvalue weighted by atomic mass is 10.2. The molecular weight excluding hydrogens is 321 g/mol. The van der Waals surface area contributed by atoms with Gasteiger partial charge in [0.05, 0.1) is 28.9 Å². The lowest BCUT2D eigenvalue weighted by Gasteiger charge is -2.57. The molecule has 1 nitrogen and oxygen atoms in total. The van der Waals surface area contributed by atoms with E-state index in [2.05, 4.69) is 72.1 Å². The first-order chi connectivity index (χ1) is 9.24. The van der Waals surface area contributed by atoms with Gasteiger partial charge in [0, 0.05) is 0 Å². The molecule has 0 aliphatic carbocycles. The maximum atomic E-state index is 7.19. The van der Waals surface area contributed by atoms with Crippen molar-refractivity contribution in [2.24, 2.45) is 0 Å². The predicted molar refractivity (Wildman–Crippen MR) is 110 cm³/mol. The highest BCUT2D eigenvalue weighted by atomic mass is 29.9. The quantitative estimate of drug-likeness (QED) is 0.378. The Kier molecular flexibility index (Phi) is 7.36. The minimum atomic E-state index is -1.72. The molecule has 0 atom stereocenters. The van der Waals surface area contributed by atoms with Crippen molar-refractivity contribution in [1.82, 2.24) is 0 Å². The van der Waals surface area contributed by atoms with Crippen molar-refractivity contribution in [2.75, 3.05) is 0 Å². The van der Waals surface area contributed by atoms with Crippen LogP contribution in [0, 0.1) is 0 Å². The van der Waals surface area contributed by atoms with Gasteiger partial charge >= 0.3 is 0 Å². The molecule has 0 amide bonds. The molecular formula is C16H38OSi4. The van der Waals surface area contributed by atoms with Gasteiger partial charge in [-0.25, -0.2) is 0 Å². The molecule has 0 saturated heterocycles. The predicted octanol–water partition coefficient (Wildman–Crippen LogP) is 5.72. The van der Waals surface area contributed by atoms with Gasteiger partial charge in [-0.3, -0.25) is 0 Å². The van der Waals surface area contributed by atoms with E-state index < -0.39 is 29.6 Å². The van der Waals surface area contributed by atoms with Crippen molar-refractivity contribution in [1.29, 1.82) is 0 Å². The van der Waals surface area contributed by atoms with Gasteiger partial charge in [0.15, 0.2) is 6.87 Å². The fourth-order valence-electron chi connectivity index (χ4n) is 4.72. The summed E-state index contributed by atoms with van der Waals surface area (Å²) in [6, 6.07) is 0. The van der Waals surface area contributed by atoms with Crippen LogP contribution in [-0.2, 0) is 4.43 Å². The monoisotopic (exact) mass is 358 g/mol. The third kappa shape index (κ3) is 4.64. The van der Waals surface area contributed by atoms with Crippen molar-refractivity contribution in [2.45, 2.75) is 77.9 Å². The zero-order chi connectivity index (χ0) is 17.1. The van der Waals surface area contributed by atoms with E-state index in [0.29, 0.717) is 6.10 Å². The van der Waals surface area contributed by atoms with Crippen LogP contribution < -0.4 is 0 Å². The Bertz CT molecular complexity index is 312. The third-order valence-electron chi connectivity index (χ3n) is 4.37. The summed E-state index contributed by atoms with van der Waals surface area (Å²) in [5.74, 6) is 0. The van der Waals surface area contributed by atoms with E-state index in [9.17, 15) is 0 Å². The average molecular weight is 359 g/mol. The Hall–Kier alpha value is 0.308. The van der Waals surface area contributed by atoms with Gasteiger partial charge in [0.2, 0.25) is 0 Å². The highest BCUT2D eigenvalue weighted by molar-refractivity contribution is 7.87. The molecule has 5 heteroatoms. The van der Waals surface area contributed by atoms with Crippen molar-refractivity contribution < 1.29 is 4.43 Å². The summed E-state index contributed by atoms with van der Waals surface area (Å²) in [5.41, 5.74) is 0. The topological polar surface area (TPSA) is 9.23 Å². The molecule has 0 aliphatic rings. The van der Waals surface area contributed by atoms with Crippen molar-refractivity contribution >= 4 is 29.6 Å². The Morgan fingerprint density at radius 2 is 1.00 bits per heavy atom. The van der Waals surface area contributed by atoms with Gasteiger partial charge in [-0.05, 0) is 12.8 Å². The summed E-state index contributed by atoms with van der Waals surface area (Å²) in [6.45, 7) is 29.2. The third-order valence-corrected chi connectivity index (χ3v) is 72.0. The minimum Gasteiger partial charge on any atom is -0.422 e. The van der Waals surface area contributed by atoms with Crippen LogP contribution in [0.2, 0.25) is 58.9 Å². The van der Waals surface area contributed by atoms with Gasteiger partial charge in [0.1, 0.15) is 0 Å². The molecule has 0 saturated carbocycles. The van der Waals surface area contributed by atoms with E-state index in [1.165, 1.54) is 0 Å². The van der Waals surface area contributed by atoms with E-state index in [4.69, 9.17) is 4.43 Å². The van der Waals surface area contributed by atoms with Crippen LogP contribution in [0.25, 0.3) is 0 Å². The standard InChI is InChI=1S/C16H38OSi4/c1-12-14-16(15-13-2)17-21(18(3,4)5,19(6,7)8)20(9,10)11/h12-13,16H,1-2,14-15H2,3-11H3. The van der Waals surface area contributed by atoms with Crippen LogP contribution >= 0.6 is 0 Å². The second kappa shape index (κ2) is 7.25. The molecule has 0 aromatic heterocycles. The van der Waals surface area contributed by atoms with Crippen LogP contribution in [0.4, 0.5) is 0 Å². The van der Waals surface area contributed by atoms with Crippen LogP contribution in [0.3, 0.4) is 0 Å². The van der Waals surface area contributed by atoms with Crippen molar-refractivity contribution in [3.05, 3.63) is 25.3 Å². The first-order valence-electron chi connectivity index (χ1n) is 8.14. The largest absolute Gasteiger partial charge is 0.422 e. The lowest BCUT2D eigenvalue weighted by molar-refractivity contribution is 0.214. The maximum absolute atomic E-state index is 7.19.